The molecule has 0 rings (SSSR count). The quantitative estimate of drug-likeness (QED) is 0.473. The molecule has 0 amide bonds. The van der Waals surface area contributed by atoms with E-state index in [-0.39, 0.29) is 5.34 Å². The van der Waals surface area contributed by atoms with E-state index >= 15 is 0 Å². The van der Waals surface area contributed by atoms with Crippen molar-refractivity contribution in [2.45, 2.75) is 20.8 Å². The van der Waals surface area contributed by atoms with Crippen LogP contribution in [0.5, 0.6) is 0 Å². The van der Waals surface area contributed by atoms with Crippen molar-refractivity contribution in [3.05, 3.63) is 0 Å². The third-order valence-electron chi connectivity index (χ3n) is 1.22. The average Bonchev–Trinajstić information content (AvgIpc) is 1.93. The first-order chi connectivity index (χ1) is 4.76. The van der Waals surface area contributed by atoms with Crippen LogP contribution in [0, 0.1) is 0 Å². The highest BCUT2D eigenvalue weighted by atomic mass is 35.5. The number of hydrogen-bond donors (Lipinski definition) is 0. The highest BCUT2D eigenvalue weighted by Crippen LogP contribution is 1.90. The molecule has 1 nitrogen and oxygen atoms in total. The highest BCUT2D eigenvalue weighted by Gasteiger charge is 1.94. The van der Waals surface area contributed by atoms with Gasteiger partial charge in [0.15, 0.2) is 0 Å². The second-order valence-corrected chi connectivity index (χ2v) is 2.39. The summed E-state index contributed by atoms with van der Waals surface area (Å²) in [6.45, 7) is 9.76. The zero-order chi connectivity index (χ0) is 8.41. The molecule has 64 valence electrons. The van der Waals surface area contributed by atoms with Gasteiger partial charge >= 0.3 is 0 Å². The molecule has 0 aliphatic heterocycles. The number of halogens is 2. The minimum atomic E-state index is 0.194. The molecule has 0 aliphatic rings. The monoisotopic (exact) mass is 187 g/mol. The first-order valence-corrected chi connectivity index (χ1v) is 4.59. The van der Waals surface area contributed by atoms with Gasteiger partial charge in [-0.25, -0.2) is 0 Å². The normalized spacial score (nSPS) is 9.00. The Morgan fingerprint density at radius 3 is 1.10 bits per heavy atom. The Kier molecular flexibility index (Phi) is 16.1. The summed E-state index contributed by atoms with van der Waals surface area (Å²) in [5, 5.41) is 0.194. The molecule has 0 aromatic rings. The zero-order valence-electron chi connectivity index (χ0n) is 6.99. The second-order valence-electron chi connectivity index (χ2n) is 1.58. The largest absolute Gasteiger partial charge is 0.422 e. The molecule has 0 radical (unpaired) electrons. The summed E-state index contributed by atoms with van der Waals surface area (Å²) in [5.41, 5.74) is 0. The van der Waals surface area contributed by atoms with Crippen LogP contribution in [-0.4, -0.2) is 25.2 Å². The molecule has 0 saturated carbocycles. The highest BCUT2D eigenvalue weighted by molar-refractivity contribution is 6.40. The maximum atomic E-state index is 4.76. The lowest BCUT2D eigenvalue weighted by Crippen LogP contribution is -2.11. The first kappa shape index (κ1) is 13.2. The molecule has 10 heavy (non-hydrogen) atoms. The van der Waals surface area contributed by atoms with Crippen LogP contribution in [0.25, 0.3) is 0 Å². The van der Waals surface area contributed by atoms with Gasteiger partial charge in [-0.05, 0) is 0 Å². The molecule has 0 aromatic carbocycles. The van der Waals surface area contributed by atoms with Crippen molar-refractivity contribution in [3.8, 4) is 0 Å². The van der Waals surface area contributed by atoms with E-state index in [1.807, 2.05) is 0 Å². The maximum Gasteiger partial charge on any atom is 0.142 e. The Morgan fingerprint density at radius 2 is 1.10 bits per heavy atom. The fourth-order valence-electron chi connectivity index (χ4n) is 0.612. The summed E-state index contributed by atoms with van der Waals surface area (Å²) in [6, 6.07) is 0. The van der Waals surface area contributed by atoms with Crippen molar-refractivity contribution in [1.82, 2.24) is 0 Å². The minimum absolute atomic E-state index is 0.194. The smallest absolute Gasteiger partial charge is 0.142 e. The fraction of sp³-hybridized carbons (Fsp3) is 1.00. The number of rotatable bonds is 3. The standard InChI is InChI=1S/C6H15O.CH2Cl2/c1-4-7(5-2)6-3;2-1-3/h4-6H2,1-3H3;1H2/q+1;. The van der Waals surface area contributed by atoms with E-state index < -0.39 is 0 Å². The van der Waals surface area contributed by atoms with E-state index in [1.54, 1.807) is 0 Å². The van der Waals surface area contributed by atoms with Crippen LogP contribution in [-0.2, 0) is 4.37 Å². The van der Waals surface area contributed by atoms with E-state index in [1.165, 1.54) is 0 Å². The summed E-state index contributed by atoms with van der Waals surface area (Å²) >= 11 is 9.53. The van der Waals surface area contributed by atoms with Gasteiger partial charge in [-0.1, -0.05) is 0 Å². The van der Waals surface area contributed by atoms with Gasteiger partial charge in [-0.15, -0.1) is 23.2 Å². The summed E-state index contributed by atoms with van der Waals surface area (Å²) in [5.74, 6) is 0. The van der Waals surface area contributed by atoms with Crippen molar-refractivity contribution in [2.24, 2.45) is 0 Å². The van der Waals surface area contributed by atoms with Crippen LogP contribution in [0.1, 0.15) is 20.8 Å². The molecule has 0 fully saturated rings. The van der Waals surface area contributed by atoms with Crippen molar-refractivity contribution in [2.75, 3.05) is 25.2 Å². The van der Waals surface area contributed by atoms with Gasteiger partial charge < -0.3 is 4.37 Å². The van der Waals surface area contributed by atoms with E-state index in [9.17, 15) is 0 Å². The molecule has 0 spiro atoms. The SMILES string of the molecule is CC[O+](CC)CC.ClCCl. The third kappa shape index (κ3) is 11.4. The van der Waals surface area contributed by atoms with Crippen molar-refractivity contribution in [1.29, 1.82) is 0 Å². The lowest BCUT2D eigenvalue weighted by atomic mass is 10.7. The molecular formula is C7H17Cl2O+. The zero-order valence-corrected chi connectivity index (χ0v) is 8.50. The number of hydrogen-bond acceptors (Lipinski definition) is 0. The first-order valence-electron chi connectivity index (χ1n) is 3.52. The summed E-state index contributed by atoms with van der Waals surface area (Å²) in [4.78, 5) is 0. The molecule has 0 atom stereocenters. The van der Waals surface area contributed by atoms with Gasteiger partial charge in [0.2, 0.25) is 0 Å². The van der Waals surface area contributed by atoms with Gasteiger partial charge in [0.05, 0.1) is 5.34 Å². The summed E-state index contributed by atoms with van der Waals surface area (Å²) in [6.07, 6.45) is 0. The summed E-state index contributed by atoms with van der Waals surface area (Å²) in [7, 11) is 0. The van der Waals surface area contributed by atoms with Crippen molar-refractivity contribution in [3.63, 3.8) is 0 Å². The molecule has 0 N–H and O–H groups in total. The Balaban J connectivity index is 0. The van der Waals surface area contributed by atoms with E-state index in [2.05, 4.69) is 25.1 Å². The fourth-order valence-corrected chi connectivity index (χ4v) is 0.612. The Bertz CT molecular complexity index is 41.4. The van der Waals surface area contributed by atoms with Crippen LogP contribution >= 0.6 is 23.2 Å². The van der Waals surface area contributed by atoms with Crippen LogP contribution in [0.4, 0.5) is 0 Å². The minimum Gasteiger partial charge on any atom is -0.422 e. The van der Waals surface area contributed by atoms with Crippen LogP contribution in [0.3, 0.4) is 0 Å². The van der Waals surface area contributed by atoms with Gasteiger partial charge in [0.1, 0.15) is 19.8 Å². The van der Waals surface area contributed by atoms with Gasteiger partial charge in [-0.2, -0.15) is 0 Å². The maximum absolute atomic E-state index is 4.76. The predicted octanol–water partition coefficient (Wildman–Crippen LogP) is 3.02. The third-order valence-corrected chi connectivity index (χ3v) is 1.22. The second kappa shape index (κ2) is 12.2. The molecule has 3 heteroatoms. The lowest BCUT2D eigenvalue weighted by molar-refractivity contribution is -0.119. The molecule has 0 unspecified atom stereocenters. The number of alkyl halides is 2. The van der Waals surface area contributed by atoms with Crippen LogP contribution in [0.15, 0.2) is 0 Å². The van der Waals surface area contributed by atoms with E-state index in [0.29, 0.717) is 0 Å². The van der Waals surface area contributed by atoms with E-state index in [4.69, 9.17) is 23.2 Å². The van der Waals surface area contributed by atoms with Crippen LogP contribution in [0.2, 0.25) is 0 Å². The Labute approximate surface area is 74.0 Å². The van der Waals surface area contributed by atoms with Crippen molar-refractivity contribution < 1.29 is 4.37 Å². The molecule has 0 heterocycles. The Hall–Kier alpha value is 0.540. The summed E-state index contributed by atoms with van der Waals surface area (Å²) < 4.78 is 3.07. The van der Waals surface area contributed by atoms with E-state index in [0.717, 1.165) is 19.8 Å². The molecule has 0 aliphatic carbocycles. The van der Waals surface area contributed by atoms with Crippen molar-refractivity contribution >= 4 is 23.2 Å². The lowest BCUT2D eigenvalue weighted by Gasteiger charge is -2.11. The van der Waals surface area contributed by atoms with Gasteiger partial charge in [-0.3, -0.25) is 0 Å². The van der Waals surface area contributed by atoms with Gasteiger partial charge in [0, 0.05) is 20.8 Å². The van der Waals surface area contributed by atoms with Crippen LogP contribution < -0.4 is 0 Å². The molecule has 0 aromatic heterocycles. The molecular weight excluding hydrogens is 171 g/mol. The van der Waals surface area contributed by atoms with Gasteiger partial charge in [0.25, 0.3) is 0 Å². The predicted molar refractivity (Wildman–Crippen MR) is 49.3 cm³/mol. The topological polar surface area (TPSA) is 2.70 Å². The molecule has 0 saturated heterocycles. The Morgan fingerprint density at radius 1 is 0.900 bits per heavy atom. The average molecular weight is 188 g/mol. The molecule has 0 bridgehead atoms.